The second-order valence-electron chi connectivity index (χ2n) is 6.70. The molecule has 0 radical (unpaired) electrons. The third-order valence-electron chi connectivity index (χ3n) is 4.92. The molecule has 1 saturated heterocycles. The smallest absolute Gasteiger partial charge is 0.193 e. The van der Waals surface area contributed by atoms with E-state index in [-0.39, 0.29) is 24.0 Å². The van der Waals surface area contributed by atoms with Gasteiger partial charge in [0.2, 0.25) is 0 Å². The molecule has 2 heterocycles. The van der Waals surface area contributed by atoms with Gasteiger partial charge in [0.25, 0.3) is 0 Å². The molecule has 0 aliphatic carbocycles. The minimum Gasteiger partial charge on any atom is -0.370 e. The Morgan fingerprint density at radius 1 is 1.11 bits per heavy atom. The van der Waals surface area contributed by atoms with Gasteiger partial charge in [-0.15, -0.1) is 24.0 Å². The first-order valence-corrected chi connectivity index (χ1v) is 9.58. The summed E-state index contributed by atoms with van der Waals surface area (Å²) < 4.78 is 0. The topological polar surface area (TPSA) is 66.5 Å². The van der Waals surface area contributed by atoms with Crippen molar-refractivity contribution >= 4 is 41.4 Å². The van der Waals surface area contributed by atoms with Crippen molar-refractivity contribution in [2.45, 2.75) is 46.1 Å². The van der Waals surface area contributed by atoms with E-state index in [2.05, 4.69) is 64.4 Å². The SMILES string of the molecule is CCc1cccc(CC)c1NC(N)=NCc1ccc(N2CCCC2)nc1.I. The first-order valence-electron chi connectivity index (χ1n) is 9.58. The fourth-order valence-electron chi connectivity index (χ4n) is 3.39. The van der Waals surface area contributed by atoms with E-state index >= 15 is 0 Å². The number of benzene rings is 1. The third-order valence-corrected chi connectivity index (χ3v) is 4.92. The Morgan fingerprint density at radius 2 is 1.78 bits per heavy atom. The molecule has 1 aliphatic rings. The summed E-state index contributed by atoms with van der Waals surface area (Å²) in [6, 6.07) is 10.5. The molecule has 146 valence electrons. The standard InChI is InChI=1S/C21H29N5.HI/c1-3-17-8-7-9-18(4-2)20(17)25-21(22)24-15-16-10-11-19(23-14-16)26-12-5-6-13-26;/h7-11,14H,3-6,12-13,15H2,1-2H3,(H3,22,24,25);1H. The lowest BCUT2D eigenvalue weighted by Gasteiger charge is -2.16. The summed E-state index contributed by atoms with van der Waals surface area (Å²) in [4.78, 5) is 11.4. The molecule has 1 aromatic heterocycles. The van der Waals surface area contributed by atoms with Gasteiger partial charge in [-0.05, 0) is 48.4 Å². The number of aromatic nitrogens is 1. The van der Waals surface area contributed by atoms with Crippen LogP contribution in [0.2, 0.25) is 0 Å². The second-order valence-corrected chi connectivity index (χ2v) is 6.70. The van der Waals surface area contributed by atoms with E-state index in [4.69, 9.17) is 5.73 Å². The summed E-state index contributed by atoms with van der Waals surface area (Å²) in [5.41, 5.74) is 10.8. The quantitative estimate of drug-likeness (QED) is 0.367. The number of hydrogen-bond acceptors (Lipinski definition) is 3. The van der Waals surface area contributed by atoms with E-state index in [0.29, 0.717) is 12.5 Å². The highest BCUT2D eigenvalue weighted by Crippen LogP contribution is 2.22. The van der Waals surface area contributed by atoms with Gasteiger partial charge in [-0.25, -0.2) is 9.98 Å². The number of nitrogens with one attached hydrogen (secondary N) is 1. The Bertz CT molecular complexity index is 729. The van der Waals surface area contributed by atoms with E-state index in [0.717, 1.165) is 43.0 Å². The maximum Gasteiger partial charge on any atom is 0.193 e. The number of aliphatic imine (C=N–C) groups is 1. The number of nitrogens with two attached hydrogens (primary N) is 1. The minimum atomic E-state index is 0. The molecule has 0 spiro atoms. The highest BCUT2D eigenvalue weighted by atomic mass is 127. The van der Waals surface area contributed by atoms with Crippen LogP contribution in [0, 0.1) is 0 Å². The van der Waals surface area contributed by atoms with Gasteiger partial charge in [-0.2, -0.15) is 0 Å². The summed E-state index contributed by atoms with van der Waals surface area (Å²) in [6.07, 6.45) is 6.35. The maximum absolute atomic E-state index is 6.14. The molecule has 1 aromatic carbocycles. The van der Waals surface area contributed by atoms with Gasteiger partial charge < -0.3 is 16.0 Å². The number of guanidine groups is 1. The fraction of sp³-hybridized carbons (Fsp3) is 0.429. The summed E-state index contributed by atoms with van der Waals surface area (Å²) in [7, 11) is 0. The Balaban J connectivity index is 0.00000261. The Labute approximate surface area is 179 Å². The van der Waals surface area contributed by atoms with Crippen LogP contribution in [-0.2, 0) is 19.4 Å². The number of para-hydroxylation sites is 1. The molecule has 3 rings (SSSR count). The van der Waals surface area contributed by atoms with Crippen LogP contribution < -0.4 is 16.0 Å². The average Bonchev–Trinajstić information content (AvgIpc) is 3.21. The van der Waals surface area contributed by atoms with Gasteiger partial charge in [0.15, 0.2) is 5.96 Å². The summed E-state index contributed by atoms with van der Waals surface area (Å²) in [5.74, 6) is 1.51. The van der Waals surface area contributed by atoms with Crippen molar-refractivity contribution in [1.29, 1.82) is 0 Å². The Morgan fingerprint density at radius 3 is 2.33 bits per heavy atom. The van der Waals surface area contributed by atoms with Crippen molar-refractivity contribution in [2.75, 3.05) is 23.3 Å². The zero-order valence-electron chi connectivity index (χ0n) is 16.2. The van der Waals surface area contributed by atoms with Gasteiger partial charge in [-0.3, -0.25) is 0 Å². The normalized spacial score (nSPS) is 14.1. The minimum absolute atomic E-state index is 0. The lowest BCUT2D eigenvalue weighted by Crippen LogP contribution is -2.24. The second kappa shape index (κ2) is 10.5. The summed E-state index contributed by atoms with van der Waals surface area (Å²) in [5, 5.41) is 3.31. The zero-order valence-corrected chi connectivity index (χ0v) is 18.6. The molecule has 6 heteroatoms. The van der Waals surface area contributed by atoms with Crippen molar-refractivity contribution in [2.24, 2.45) is 10.7 Å². The number of nitrogens with zero attached hydrogens (tertiary/aromatic N) is 3. The van der Waals surface area contributed by atoms with E-state index in [9.17, 15) is 0 Å². The lowest BCUT2D eigenvalue weighted by atomic mass is 10.0. The molecule has 27 heavy (non-hydrogen) atoms. The van der Waals surface area contributed by atoms with Crippen LogP contribution in [0.3, 0.4) is 0 Å². The summed E-state index contributed by atoms with van der Waals surface area (Å²) >= 11 is 0. The average molecular weight is 479 g/mol. The zero-order chi connectivity index (χ0) is 18.4. The molecule has 0 atom stereocenters. The molecule has 0 unspecified atom stereocenters. The number of pyridine rings is 1. The molecule has 2 aromatic rings. The highest BCUT2D eigenvalue weighted by Gasteiger charge is 2.13. The summed E-state index contributed by atoms with van der Waals surface area (Å²) in [6.45, 7) is 7.06. The van der Waals surface area contributed by atoms with Crippen molar-refractivity contribution in [3.63, 3.8) is 0 Å². The van der Waals surface area contributed by atoms with Crippen LogP contribution >= 0.6 is 24.0 Å². The molecule has 0 amide bonds. The Hall–Kier alpha value is -1.83. The van der Waals surface area contributed by atoms with E-state index in [1.807, 2.05) is 6.20 Å². The van der Waals surface area contributed by atoms with Crippen LogP contribution in [0.15, 0.2) is 41.5 Å². The van der Waals surface area contributed by atoms with Crippen molar-refractivity contribution < 1.29 is 0 Å². The molecule has 0 saturated carbocycles. The third kappa shape index (κ3) is 5.57. The molecule has 5 nitrogen and oxygen atoms in total. The van der Waals surface area contributed by atoms with Crippen LogP contribution in [-0.4, -0.2) is 24.0 Å². The lowest BCUT2D eigenvalue weighted by molar-refractivity contribution is 0.928. The van der Waals surface area contributed by atoms with Gasteiger partial charge in [-0.1, -0.05) is 38.1 Å². The van der Waals surface area contributed by atoms with E-state index in [1.54, 1.807) is 0 Å². The molecular weight excluding hydrogens is 449 g/mol. The monoisotopic (exact) mass is 479 g/mol. The number of aryl methyl sites for hydroxylation is 2. The maximum atomic E-state index is 6.14. The van der Waals surface area contributed by atoms with Crippen LogP contribution in [0.5, 0.6) is 0 Å². The molecular formula is C21H30IN5. The van der Waals surface area contributed by atoms with E-state index < -0.39 is 0 Å². The number of halogens is 1. The Kier molecular flexibility index (Phi) is 8.34. The number of rotatable bonds is 6. The predicted octanol–water partition coefficient (Wildman–Crippen LogP) is 4.35. The number of anilines is 2. The van der Waals surface area contributed by atoms with Gasteiger partial charge >= 0.3 is 0 Å². The predicted molar refractivity (Wildman–Crippen MR) is 125 cm³/mol. The molecule has 1 aliphatic heterocycles. The van der Waals surface area contributed by atoms with E-state index in [1.165, 1.54) is 24.0 Å². The van der Waals surface area contributed by atoms with Crippen molar-refractivity contribution in [1.82, 2.24) is 4.98 Å². The van der Waals surface area contributed by atoms with Crippen LogP contribution in [0.4, 0.5) is 11.5 Å². The van der Waals surface area contributed by atoms with Gasteiger partial charge in [0.1, 0.15) is 5.82 Å². The molecule has 0 bridgehead atoms. The highest BCUT2D eigenvalue weighted by molar-refractivity contribution is 14.0. The van der Waals surface area contributed by atoms with Crippen LogP contribution in [0.1, 0.15) is 43.4 Å². The van der Waals surface area contributed by atoms with Crippen molar-refractivity contribution in [3.8, 4) is 0 Å². The largest absolute Gasteiger partial charge is 0.370 e. The van der Waals surface area contributed by atoms with Crippen LogP contribution in [0.25, 0.3) is 0 Å². The molecule has 1 fully saturated rings. The first-order chi connectivity index (χ1) is 12.7. The fourth-order valence-corrected chi connectivity index (χ4v) is 3.39. The van der Waals surface area contributed by atoms with Gasteiger partial charge in [0.05, 0.1) is 6.54 Å². The van der Waals surface area contributed by atoms with Crippen molar-refractivity contribution in [3.05, 3.63) is 53.2 Å². The molecule has 3 N–H and O–H groups in total. The van der Waals surface area contributed by atoms with Gasteiger partial charge in [0, 0.05) is 25.0 Å². The number of hydrogen-bond donors (Lipinski definition) is 2. The first kappa shape index (κ1) is 21.5.